The van der Waals surface area contributed by atoms with E-state index in [9.17, 15) is 13.2 Å². The molecule has 1 saturated heterocycles. The summed E-state index contributed by atoms with van der Waals surface area (Å²) in [4.78, 5) is 14.2. The number of hydrogen-bond acceptors (Lipinski definition) is 5. The van der Waals surface area contributed by atoms with E-state index < -0.39 is 28.1 Å². The molecule has 0 bridgehead atoms. The van der Waals surface area contributed by atoms with Crippen LogP contribution in [-0.2, 0) is 19.6 Å². The lowest BCUT2D eigenvalue weighted by molar-refractivity contribution is -0.132. The highest BCUT2D eigenvalue weighted by molar-refractivity contribution is 7.88. The molecule has 2 N–H and O–H groups in total. The maximum atomic E-state index is 12.0. The summed E-state index contributed by atoms with van der Waals surface area (Å²) in [5, 5.41) is 0. The van der Waals surface area contributed by atoms with Gasteiger partial charge in [-0.3, -0.25) is 4.79 Å². The van der Waals surface area contributed by atoms with Gasteiger partial charge < -0.3 is 15.4 Å². The Balaban J connectivity index is 1.49. The third kappa shape index (κ3) is 6.77. The molecular weight excluding hydrogens is 486 g/mol. The van der Waals surface area contributed by atoms with Crippen LogP contribution in [0, 0.1) is 0 Å². The highest BCUT2D eigenvalue weighted by Crippen LogP contribution is 2.31. The van der Waals surface area contributed by atoms with Gasteiger partial charge in [0.2, 0.25) is 15.9 Å². The molecule has 1 unspecified atom stereocenters. The van der Waals surface area contributed by atoms with Crippen molar-refractivity contribution in [2.45, 2.75) is 32.0 Å². The van der Waals surface area contributed by atoms with E-state index in [1.54, 1.807) is 0 Å². The van der Waals surface area contributed by atoms with Gasteiger partial charge in [-0.1, -0.05) is 80.1 Å². The molecule has 1 aliphatic heterocycles. The molecule has 1 heterocycles. The Kier molecular flexibility index (Phi) is 8.63. The molecule has 8 heteroatoms. The zero-order chi connectivity index (χ0) is 26.4. The van der Waals surface area contributed by atoms with Crippen molar-refractivity contribution < 1.29 is 17.9 Å². The number of ether oxygens (including phenoxy) is 1. The molecule has 1 fully saturated rings. The van der Waals surface area contributed by atoms with Gasteiger partial charge >= 0.3 is 0 Å². The van der Waals surface area contributed by atoms with Gasteiger partial charge in [0, 0.05) is 31.9 Å². The summed E-state index contributed by atoms with van der Waals surface area (Å²) in [5.41, 5.74) is 10.8. The number of benzene rings is 3. The van der Waals surface area contributed by atoms with Crippen LogP contribution in [0.2, 0.25) is 0 Å². The Labute approximate surface area is 219 Å². The molecule has 3 aromatic carbocycles. The Morgan fingerprint density at radius 2 is 1.41 bits per heavy atom. The maximum Gasteiger partial charge on any atom is 0.246 e. The minimum Gasteiger partial charge on any atom is -0.369 e. The molecule has 0 spiro atoms. The number of sulfonamides is 1. The predicted molar refractivity (Wildman–Crippen MR) is 148 cm³/mol. The van der Waals surface area contributed by atoms with Crippen molar-refractivity contribution in [2.24, 2.45) is 5.73 Å². The fraction of sp³-hybridized carbons (Fsp3) is 0.345. The van der Waals surface area contributed by atoms with Gasteiger partial charge in [-0.05, 0) is 40.8 Å². The van der Waals surface area contributed by atoms with E-state index in [1.165, 1.54) is 10.6 Å². The number of nitrogens with two attached hydrogens (primary N) is 1. The maximum absolute atomic E-state index is 12.0. The van der Waals surface area contributed by atoms with Gasteiger partial charge in [0.05, 0.1) is 6.26 Å². The van der Waals surface area contributed by atoms with E-state index >= 15 is 0 Å². The van der Waals surface area contributed by atoms with Gasteiger partial charge in [0.25, 0.3) is 0 Å². The Bertz CT molecular complexity index is 1270. The summed E-state index contributed by atoms with van der Waals surface area (Å²) >= 11 is 0. The number of nitrogens with zero attached hydrogens (tertiary/aromatic N) is 2. The first-order valence-electron chi connectivity index (χ1n) is 12.7. The first-order chi connectivity index (χ1) is 17.8. The Hall–Kier alpha value is -3.20. The minimum atomic E-state index is -3.14. The zero-order valence-corrected chi connectivity index (χ0v) is 22.2. The van der Waals surface area contributed by atoms with Crippen molar-refractivity contribution >= 4 is 21.6 Å². The van der Waals surface area contributed by atoms with Crippen molar-refractivity contribution in [3.63, 3.8) is 0 Å². The summed E-state index contributed by atoms with van der Waals surface area (Å²) in [5.74, 6) is -0.447. The monoisotopic (exact) mass is 521 g/mol. The number of rotatable bonds is 10. The number of piperazine rings is 1. The molecule has 0 saturated carbocycles. The molecule has 37 heavy (non-hydrogen) atoms. The quantitative estimate of drug-likeness (QED) is 0.432. The van der Waals surface area contributed by atoms with Crippen LogP contribution in [0.4, 0.5) is 5.69 Å². The van der Waals surface area contributed by atoms with Crippen molar-refractivity contribution in [3.05, 3.63) is 90.0 Å². The highest BCUT2D eigenvalue weighted by atomic mass is 32.2. The minimum absolute atomic E-state index is 0.396. The second kappa shape index (κ2) is 11.9. The number of carbonyl (C=O) groups excluding carboxylic acids is 1. The molecule has 7 nitrogen and oxygen atoms in total. The molecule has 0 aliphatic carbocycles. The molecule has 2 atom stereocenters. The van der Waals surface area contributed by atoms with Gasteiger partial charge in [-0.2, -0.15) is 4.31 Å². The molecule has 1 aliphatic rings. The first-order valence-corrected chi connectivity index (χ1v) is 14.5. The third-order valence-corrected chi connectivity index (χ3v) is 8.06. The smallest absolute Gasteiger partial charge is 0.246 e. The number of amides is 1. The van der Waals surface area contributed by atoms with Gasteiger partial charge in [0.15, 0.2) is 0 Å². The number of primary amides is 1. The van der Waals surface area contributed by atoms with Crippen LogP contribution in [-0.4, -0.2) is 57.2 Å². The molecule has 4 rings (SSSR count). The van der Waals surface area contributed by atoms with Crippen LogP contribution >= 0.6 is 0 Å². The average Bonchev–Trinajstić information content (AvgIpc) is 2.91. The lowest BCUT2D eigenvalue weighted by Gasteiger charge is -2.34. The molecule has 0 radical (unpaired) electrons. The van der Waals surface area contributed by atoms with Gasteiger partial charge in [-0.15, -0.1) is 0 Å². The van der Waals surface area contributed by atoms with Gasteiger partial charge in [0.1, 0.15) is 12.2 Å². The SMILES string of the molecule is CCCC(O[C@H](c1ccccc1)c1ccc(-c2ccc(N3CCN(S(C)(=O)=O)CC3)cc2)cc1)C(N)=O. The largest absolute Gasteiger partial charge is 0.369 e. The van der Waals surface area contributed by atoms with Crippen LogP contribution in [0.15, 0.2) is 78.9 Å². The van der Waals surface area contributed by atoms with Crippen LogP contribution in [0.1, 0.15) is 37.0 Å². The predicted octanol–water partition coefficient (Wildman–Crippen LogP) is 4.20. The molecular formula is C29H35N3O4S. The second-order valence-corrected chi connectivity index (χ2v) is 11.4. The summed E-state index contributed by atoms with van der Waals surface area (Å²) in [6.45, 7) is 4.36. The average molecular weight is 522 g/mol. The van der Waals surface area contributed by atoms with E-state index in [2.05, 4.69) is 41.3 Å². The fourth-order valence-corrected chi connectivity index (χ4v) is 5.50. The van der Waals surface area contributed by atoms with E-state index in [0.29, 0.717) is 32.6 Å². The van der Waals surface area contributed by atoms with Crippen LogP contribution in [0.5, 0.6) is 0 Å². The van der Waals surface area contributed by atoms with Crippen molar-refractivity contribution in [1.82, 2.24) is 4.31 Å². The molecule has 3 aromatic rings. The van der Waals surface area contributed by atoms with Crippen LogP contribution in [0.25, 0.3) is 11.1 Å². The first kappa shape index (κ1) is 26.9. The molecule has 1 amide bonds. The van der Waals surface area contributed by atoms with Crippen LogP contribution < -0.4 is 10.6 Å². The molecule has 196 valence electrons. The zero-order valence-electron chi connectivity index (χ0n) is 21.4. The van der Waals surface area contributed by atoms with Crippen molar-refractivity contribution in [3.8, 4) is 11.1 Å². The van der Waals surface area contributed by atoms with E-state index in [0.717, 1.165) is 34.4 Å². The van der Waals surface area contributed by atoms with Crippen LogP contribution in [0.3, 0.4) is 0 Å². The van der Waals surface area contributed by atoms with E-state index in [-0.39, 0.29) is 0 Å². The third-order valence-electron chi connectivity index (χ3n) is 6.76. The summed E-state index contributed by atoms with van der Waals surface area (Å²) < 4.78 is 31.3. The molecule has 0 aromatic heterocycles. The number of anilines is 1. The standard InChI is InChI=1S/C29H35N3O4S/c1-3-7-27(29(30)33)36-28(24-8-5-4-6-9-24)25-12-10-22(11-13-25)23-14-16-26(17-15-23)31-18-20-32(21-19-31)37(2,34)35/h4-6,8-17,27-28H,3,7,18-21H2,1-2H3,(H2,30,33)/t27?,28-/m1/s1. The number of hydrogen-bond donors (Lipinski definition) is 1. The highest BCUT2D eigenvalue weighted by Gasteiger charge is 2.25. The lowest BCUT2D eigenvalue weighted by Crippen LogP contribution is -2.48. The van der Waals surface area contributed by atoms with E-state index in [4.69, 9.17) is 10.5 Å². The Morgan fingerprint density at radius 3 is 1.92 bits per heavy atom. The van der Waals surface area contributed by atoms with E-state index in [1.807, 2.05) is 49.4 Å². The van der Waals surface area contributed by atoms with Gasteiger partial charge in [-0.25, -0.2) is 8.42 Å². The second-order valence-electron chi connectivity index (χ2n) is 9.42. The normalized spacial score (nSPS) is 16.3. The lowest BCUT2D eigenvalue weighted by atomic mass is 9.97. The fourth-order valence-electron chi connectivity index (χ4n) is 4.67. The Morgan fingerprint density at radius 1 is 0.865 bits per heavy atom. The summed E-state index contributed by atoms with van der Waals surface area (Å²) in [6, 6.07) is 26.4. The van der Waals surface area contributed by atoms with Crippen molar-refractivity contribution in [1.29, 1.82) is 0 Å². The summed E-state index contributed by atoms with van der Waals surface area (Å²) in [6.07, 6.45) is 1.59. The topological polar surface area (TPSA) is 92.9 Å². The number of carbonyl (C=O) groups is 1. The van der Waals surface area contributed by atoms with Crippen molar-refractivity contribution in [2.75, 3.05) is 37.3 Å². The summed E-state index contributed by atoms with van der Waals surface area (Å²) in [7, 11) is -3.14.